The molecule has 0 aromatic heterocycles. The third kappa shape index (κ3) is 3.80. The van der Waals surface area contributed by atoms with Gasteiger partial charge in [-0.25, -0.2) is 0 Å². The van der Waals surface area contributed by atoms with Crippen molar-refractivity contribution in [3.05, 3.63) is 0 Å². The van der Waals surface area contributed by atoms with Crippen molar-refractivity contribution in [1.82, 2.24) is 0 Å². The van der Waals surface area contributed by atoms with Gasteiger partial charge >= 0.3 is 5.97 Å². The molecule has 0 aliphatic rings. The molecule has 0 radical (unpaired) electrons. The number of hydrogen-bond acceptors (Lipinski definition) is 2. The Balaban J connectivity index is 4.58. The molecule has 0 aliphatic heterocycles. The second-order valence-corrected chi connectivity index (χ2v) is 7.95. The third-order valence-corrected chi connectivity index (χ3v) is 4.66. The lowest BCUT2D eigenvalue weighted by atomic mass is 9.85. The zero-order chi connectivity index (χ0) is 12.2. The number of carbonyl (C=O) groups excluding carboxylic acids is 1. The molecule has 0 N–H and O–H groups in total. The van der Waals surface area contributed by atoms with Crippen molar-refractivity contribution in [1.29, 1.82) is 0 Å². The van der Waals surface area contributed by atoms with Crippen molar-refractivity contribution >= 4 is 27.3 Å². The highest BCUT2D eigenvalue weighted by Gasteiger charge is 2.43. The molecule has 0 heterocycles. The first-order valence-corrected chi connectivity index (χ1v) is 7.36. The molecule has 2 nitrogen and oxygen atoms in total. The SMILES string of the molecule is CC(C)[SiH2]OC(=O)C(Cl)(C(C)C)C(C)C. The summed E-state index contributed by atoms with van der Waals surface area (Å²) in [6.07, 6.45) is 0. The van der Waals surface area contributed by atoms with Gasteiger partial charge in [0.2, 0.25) is 9.76 Å². The molecule has 0 rings (SSSR count). The highest BCUT2D eigenvalue weighted by atomic mass is 35.5. The molecule has 0 aliphatic carbocycles. The molecule has 0 fully saturated rings. The Morgan fingerprint density at radius 1 is 1.13 bits per heavy atom. The Bertz CT molecular complexity index is 207. The van der Waals surface area contributed by atoms with E-state index in [1.807, 2.05) is 27.7 Å². The second kappa shape index (κ2) is 5.90. The molecule has 0 aromatic rings. The van der Waals surface area contributed by atoms with Gasteiger partial charge in [0, 0.05) is 0 Å². The van der Waals surface area contributed by atoms with Crippen molar-refractivity contribution in [3.63, 3.8) is 0 Å². The Hall–Kier alpha value is -0.0231. The van der Waals surface area contributed by atoms with Crippen molar-refractivity contribution < 1.29 is 9.22 Å². The van der Waals surface area contributed by atoms with Crippen LogP contribution in [0.3, 0.4) is 0 Å². The smallest absolute Gasteiger partial charge is 0.314 e. The van der Waals surface area contributed by atoms with Crippen LogP contribution in [0.25, 0.3) is 0 Å². The molecule has 0 spiro atoms. The van der Waals surface area contributed by atoms with Crippen LogP contribution in [0, 0.1) is 11.8 Å². The van der Waals surface area contributed by atoms with Crippen molar-refractivity contribution in [2.75, 3.05) is 0 Å². The summed E-state index contributed by atoms with van der Waals surface area (Å²) in [5.74, 6) is -0.0461. The molecule has 0 amide bonds. The van der Waals surface area contributed by atoms with E-state index in [0.29, 0.717) is 5.54 Å². The average Bonchev–Trinajstić information content (AvgIpc) is 2.11. The van der Waals surface area contributed by atoms with Gasteiger partial charge < -0.3 is 4.43 Å². The van der Waals surface area contributed by atoms with Gasteiger partial charge in [0.25, 0.3) is 0 Å². The van der Waals surface area contributed by atoms with Gasteiger partial charge in [-0.3, -0.25) is 4.79 Å². The molecule has 0 atom stereocenters. The van der Waals surface area contributed by atoms with Gasteiger partial charge in [-0.1, -0.05) is 41.5 Å². The van der Waals surface area contributed by atoms with E-state index in [2.05, 4.69) is 13.8 Å². The lowest BCUT2D eigenvalue weighted by Crippen LogP contribution is -2.45. The van der Waals surface area contributed by atoms with Crippen LogP contribution in [0.5, 0.6) is 0 Å². The number of hydrogen-bond donors (Lipinski definition) is 0. The summed E-state index contributed by atoms with van der Waals surface area (Å²) in [6.45, 7) is 12.0. The quantitative estimate of drug-likeness (QED) is 0.554. The number of carbonyl (C=O) groups is 1. The monoisotopic (exact) mass is 250 g/mol. The standard InChI is InChI=1S/C11H23ClO2Si/c1-7(2)11(12,8(3)4)10(13)14-15-9(5)6/h7-9H,15H2,1-6H3. The fourth-order valence-electron chi connectivity index (χ4n) is 1.49. The van der Waals surface area contributed by atoms with Gasteiger partial charge in [-0.2, -0.15) is 0 Å². The summed E-state index contributed by atoms with van der Waals surface area (Å²) in [6, 6.07) is 0. The van der Waals surface area contributed by atoms with Gasteiger partial charge in [-0.05, 0) is 17.4 Å². The van der Waals surface area contributed by atoms with Crippen LogP contribution in [0.4, 0.5) is 0 Å². The maximum Gasteiger partial charge on any atom is 0.314 e. The first-order valence-electron chi connectivity index (χ1n) is 5.59. The summed E-state index contributed by atoms with van der Waals surface area (Å²) < 4.78 is 5.36. The molecule has 0 aromatic carbocycles. The number of halogens is 1. The average molecular weight is 251 g/mol. The summed E-state index contributed by atoms with van der Waals surface area (Å²) in [7, 11) is -0.779. The van der Waals surface area contributed by atoms with Crippen LogP contribution in [0.15, 0.2) is 0 Å². The summed E-state index contributed by atoms with van der Waals surface area (Å²) in [4.78, 5) is 11.1. The highest BCUT2D eigenvalue weighted by molar-refractivity contribution is 6.39. The zero-order valence-electron chi connectivity index (χ0n) is 10.6. The van der Waals surface area contributed by atoms with Crippen LogP contribution in [-0.4, -0.2) is 20.6 Å². The van der Waals surface area contributed by atoms with Crippen molar-refractivity contribution in [2.24, 2.45) is 11.8 Å². The van der Waals surface area contributed by atoms with Gasteiger partial charge in [0.15, 0.2) is 0 Å². The molecule has 15 heavy (non-hydrogen) atoms. The Morgan fingerprint density at radius 3 is 1.80 bits per heavy atom. The van der Waals surface area contributed by atoms with Crippen LogP contribution in [0.2, 0.25) is 5.54 Å². The Kier molecular flexibility index (Phi) is 5.89. The molecular formula is C11H23ClO2Si. The first kappa shape index (κ1) is 15.0. The van der Waals surface area contributed by atoms with Gasteiger partial charge in [0.05, 0.1) is 0 Å². The minimum atomic E-state index is -0.859. The van der Waals surface area contributed by atoms with Crippen molar-refractivity contribution in [3.8, 4) is 0 Å². The second-order valence-electron chi connectivity index (χ2n) is 5.07. The van der Waals surface area contributed by atoms with E-state index in [1.165, 1.54) is 0 Å². The molecule has 4 heteroatoms. The fraction of sp³-hybridized carbons (Fsp3) is 0.909. The Labute approximate surface area is 101 Å². The third-order valence-electron chi connectivity index (χ3n) is 2.54. The van der Waals surface area contributed by atoms with Crippen LogP contribution < -0.4 is 0 Å². The molecule has 0 bridgehead atoms. The number of rotatable bonds is 5. The van der Waals surface area contributed by atoms with Gasteiger partial charge in [-0.15, -0.1) is 11.6 Å². The van der Waals surface area contributed by atoms with E-state index in [1.54, 1.807) is 0 Å². The Morgan fingerprint density at radius 2 is 1.53 bits per heavy atom. The minimum absolute atomic E-state index is 0.0906. The van der Waals surface area contributed by atoms with E-state index in [-0.39, 0.29) is 17.8 Å². The van der Waals surface area contributed by atoms with E-state index in [9.17, 15) is 4.79 Å². The van der Waals surface area contributed by atoms with E-state index in [0.717, 1.165) is 0 Å². The normalized spacial score (nSPS) is 13.5. The van der Waals surface area contributed by atoms with Crippen LogP contribution in [-0.2, 0) is 9.22 Å². The first-order chi connectivity index (χ1) is 6.72. The lowest BCUT2D eigenvalue weighted by molar-refractivity contribution is -0.140. The zero-order valence-corrected chi connectivity index (χ0v) is 12.8. The van der Waals surface area contributed by atoms with Crippen molar-refractivity contribution in [2.45, 2.75) is 52.0 Å². The highest BCUT2D eigenvalue weighted by Crippen LogP contribution is 2.34. The van der Waals surface area contributed by atoms with E-state index >= 15 is 0 Å². The molecule has 0 unspecified atom stereocenters. The molecule has 0 saturated heterocycles. The summed E-state index contributed by atoms with van der Waals surface area (Å²) in [5.41, 5.74) is 0.481. The summed E-state index contributed by atoms with van der Waals surface area (Å²) in [5, 5.41) is 0. The maximum absolute atomic E-state index is 11.9. The molecule has 90 valence electrons. The fourth-order valence-corrected chi connectivity index (χ4v) is 2.36. The predicted molar refractivity (Wildman–Crippen MR) is 68.0 cm³/mol. The molecule has 0 saturated carbocycles. The lowest BCUT2D eigenvalue weighted by Gasteiger charge is -2.33. The van der Waals surface area contributed by atoms with Crippen LogP contribution in [0.1, 0.15) is 41.5 Å². The topological polar surface area (TPSA) is 26.3 Å². The van der Waals surface area contributed by atoms with E-state index in [4.69, 9.17) is 16.0 Å². The summed E-state index contributed by atoms with van der Waals surface area (Å²) >= 11 is 6.39. The van der Waals surface area contributed by atoms with E-state index < -0.39 is 14.6 Å². The molecular weight excluding hydrogens is 228 g/mol. The number of alkyl halides is 1. The predicted octanol–water partition coefficient (Wildman–Crippen LogP) is 2.73. The largest absolute Gasteiger partial charge is 0.523 e. The minimum Gasteiger partial charge on any atom is -0.523 e. The maximum atomic E-state index is 11.9. The van der Waals surface area contributed by atoms with Crippen LogP contribution >= 0.6 is 11.6 Å². The van der Waals surface area contributed by atoms with Gasteiger partial charge in [0.1, 0.15) is 4.87 Å².